The van der Waals surface area contributed by atoms with Crippen LogP contribution < -0.4 is 10.6 Å². The molecule has 7 nitrogen and oxygen atoms in total. The average molecular weight is 521 g/mol. The SMILES string of the molecule is CN=C(NCCCn1ccc2ccccc21)NCCc1nnc2n1CCCCC2.I. The van der Waals surface area contributed by atoms with Crippen molar-refractivity contribution in [3.8, 4) is 0 Å². The van der Waals surface area contributed by atoms with Crippen molar-refractivity contribution < 1.29 is 0 Å². The molecule has 0 saturated carbocycles. The molecule has 1 aromatic carbocycles. The molecule has 2 N–H and O–H groups in total. The second-order valence-corrected chi connectivity index (χ2v) is 7.59. The van der Waals surface area contributed by atoms with Crippen LogP contribution in [0.15, 0.2) is 41.5 Å². The minimum Gasteiger partial charge on any atom is -0.356 e. The van der Waals surface area contributed by atoms with Gasteiger partial charge in [-0.05, 0) is 36.8 Å². The predicted molar refractivity (Wildman–Crippen MR) is 133 cm³/mol. The maximum absolute atomic E-state index is 4.40. The minimum atomic E-state index is 0. The van der Waals surface area contributed by atoms with Crippen molar-refractivity contribution in [1.29, 1.82) is 0 Å². The van der Waals surface area contributed by atoms with Crippen molar-refractivity contribution in [1.82, 2.24) is 30.0 Å². The summed E-state index contributed by atoms with van der Waals surface area (Å²) in [6, 6.07) is 10.7. The molecule has 30 heavy (non-hydrogen) atoms. The maximum Gasteiger partial charge on any atom is 0.190 e. The van der Waals surface area contributed by atoms with Gasteiger partial charge in [0.15, 0.2) is 5.96 Å². The summed E-state index contributed by atoms with van der Waals surface area (Å²) >= 11 is 0. The topological polar surface area (TPSA) is 72.1 Å². The number of benzene rings is 1. The first kappa shape index (κ1) is 22.6. The Labute approximate surface area is 195 Å². The van der Waals surface area contributed by atoms with Crippen molar-refractivity contribution in [3.05, 3.63) is 48.2 Å². The Morgan fingerprint density at radius 1 is 1.07 bits per heavy atom. The molecule has 0 bridgehead atoms. The first-order chi connectivity index (χ1) is 14.3. The molecule has 2 aromatic heterocycles. The Kier molecular flexibility index (Phi) is 8.53. The van der Waals surface area contributed by atoms with E-state index >= 15 is 0 Å². The lowest BCUT2D eigenvalue weighted by Crippen LogP contribution is -2.39. The number of aryl methyl sites for hydroxylation is 2. The van der Waals surface area contributed by atoms with Crippen molar-refractivity contribution in [2.45, 2.75) is 51.6 Å². The third-order valence-corrected chi connectivity index (χ3v) is 5.60. The molecular formula is C22H32IN7. The summed E-state index contributed by atoms with van der Waals surface area (Å²) < 4.78 is 4.62. The zero-order valence-electron chi connectivity index (χ0n) is 17.7. The highest BCUT2D eigenvalue weighted by atomic mass is 127. The molecule has 3 aromatic rings. The van der Waals surface area contributed by atoms with Crippen molar-refractivity contribution in [3.63, 3.8) is 0 Å². The van der Waals surface area contributed by atoms with Crippen LogP contribution in [0.1, 0.15) is 37.3 Å². The van der Waals surface area contributed by atoms with Crippen LogP contribution in [0.4, 0.5) is 0 Å². The summed E-state index contributed by atoms with van der Waals surface area (Å²) in [5, 5.41) is 16.9. The Morgan fingerprint density at radius 2 is 1.93 bits per heavy atom. The number of hydrogen-bond acceptors (Lipinski definition) is 3. The van der Waals surface area contributed by atoms with E-state index in [2.05, 4.69) is 71.5 Å². The van der Waals surface area contributed by atoms with Gasteiger partial charge in [0.05, 0.1) is 0 Å². The summed E-state index contributed by atoms with van der Waals surface area (Å²) in [4.78, 5) is 4.34. The first-order valence-corrected chi connectivity index (χ1v) is 10.7. The predicted octanol–water partition coefficient (Wildman–Crippen LogP) is 3.38. The zero-order valence-corrected chi connectivity index (χ0v) is 20.0. The molecule has 0 aliphatic carbocycles. The standard InChI is InChI=1S/C22H31N7.HI/c1-23-22(24-13-7-15-28-17-12-18-8-4-5-9-19(18)28)25-14-11-21-27-26-20-10-3-2-6-16-29(20)21;/h4-5,8-9,12,17H,2-3,6-7,10-11,13-16H2,1H3,(H2,23,24,25);1H. The number of aromatic nitrogens is 4. The van der Waals surface area contributed by atoms with Gasteiger partial charge in [-0.2, -0.15) is 0 Å². The molecule has 0 spiro atoms. The quantitative estimate of drug-likeness (QED) is 0.217. The van der Waals surface area contributed by atoms with Crippen LogP contribution in [-0.4, -0.2) is 45.4 Å². The Balaban J connectivity index is 0.00000256. The second-order valence-electron chi connectivity index (χ2n) is 7.59. The van der Waals surface area contributed by atoms with Gasteiger partial charge < -0.3 is 19.8 Å². The highest BCUT2D eigenvalue weighted by Crippen LogP contribution is 2.15. The van der Waals surface area contributed by atoms with Crippen LogP contribution >= 0.6 is 24.0 Å². The normalized spacial score (nSPS) is 14.1. The Hall–Kier alpha value is -2.10. The Morgan fingerprint density at radius 3 is 2.83 bits per heavy atom. The fourth-order valence-corrected chi connectivity index (χ4v) is 4.04. The van der Waals surface area contributed by atoms with Gasteiger partial charge in [-0.25, -0.2) is 0 Å². The van der Waals surface area contributed by atoms with E-state index in [1.54, 1.807) is 0 Å². The number of guanidine groups is 1. The molecule has 4 rings (SSSR count). The van der Waals surface area contributed by atoms with Gasteiger partial charge in [0.25, 0.3) is 0 Å². The maximum atomic E-state index is 4.40. The van der Waals surface area contributed by atoms with E-state index in [1.165, 1.54) is 30.2 Å². The number of aliphatic imine (C=N–C) groups is 1. The van der Waals surface area contributed by atoms with Gasteiger partial charge in [-0.15, -0.1) is 34.2 Å². The third kappa shape index (κ3) is 5.53. The molecule has 1 aliphatic heterocycles. The van der Waals surface area contributed by atoms with Crippen LogP contribution in [0.25, 0.3) is 10.9 Å². The number of para-hydroxylation sites is 1. The molecule has 3 heterocycles. The lowest BCUT2D eigenvalue weighted by molar-refractivity contribution is 0.599. The zero-order chi connectivity index (χ0) is 19.9. The molecule has 0 amide bonds. The number of rotatable bonds is 7. The summed E-state index contributed by atoms with van der Waals surface area (Å²) in [5.74, 6) is 3.08. The molecule has 8 heteroatoms. The highest BCUT2D eigenvalue weighted by molar-refractivity contribution is 14.0. The van der Waals surface area contributed by atoms with E-state index in [0.29, 0.717) is 0 Å². The fourth-order valence-electron chi connectivity index (χ4n) is 4.04. The van der Waals surface area contributed by atoms with Gasteiger partial charge in [0.2, 0.25) is 0 Å². The Bertz CT molecular complexity index is 959. The van der Waals surface area contributed by atoms with Crippen LogP contribution in [0.3, 0.4) is 0 Å². The van der Waals surface area contributed by atoms with Crippen molar-refractivity contribution in [2.24, 2.45) is 4.99 Å². The average Bonchev–Trinajstić information content (AvgIpc) is 3.25. The first-order valence-electron chi connectivity index (χ1n) is 10.7. The molecular weight excluding hydrogens is 489 g/mol. The lowest BCUT2D eigenvalue weighted by atomic mass is 10.2. The molecule has 0 radical (unpaired) electrons. The van der Waals surface area contributed by atoms with Gasteiger partial charge >= 0.3 is 0 Å². The van der Waals surface area contributed by atoms with Gasteiger partial charge in [-0.1, -0.05) is 24.6 Å². The lowest BCUT2D eigenvalue weighted by Gasteiger charge is -2.13. The monoisotopic (exact) mass is 521 g/mol. The van der Waals surface area contributed by atoms with Crippen molar-refractivity contribution >= 4 is 40.8 Å². The van der Waals surface area contributed by atoms with E-state index in [-0.39, 0.29) is 24.0 Å². The molecule has 0 atom stereocenters. The van der Waals surface area contributed by atoms with E-state index in [0.717, 1.165) is 63.0 Å². The smallest absolute Gasteiger partial charge is 0.190 e. The van der Waals surface area contributed by atoms with Gasteiger partial charge in [-0.3, -0.25) is 4.99 Å². The van der Waals surface area contributed by atoms with E-state index in [9.17, 15) is 0 Å². The van der Waals surface area contributed by atoms with E-state index in [1.807, 2.05) is 7.05 Å². The second kappa shape index (κ2) is 11.3. The number of nitrogens with zero attached hydrogens (tertiary/aromatic N) is 5. The number of nitrogens with one attached hydrogen (secondary N) is 2. The van der Waals surface area contributed by atoms with Crippen LogP contribution in [0.2, 0.25) is 0 Å². The largest absolute Gasteiger partial charge is 0.356 e. The molecule has 0 fully saturated rings. The van der Waals surface area contributed by atoms with Crippen LogP contribution in [-0.2, 0) is 25.9 Å². The molecule has 162 valence electrons. The van der Waals surface area contributed by atoms with E-state index < -0.39 is 0 Å². The summed E-state index contributed by atoms with van der Waals surface area (Å²) in [7, 11) is 1.82. The number of fused-ring (bicyclic) bond motifs is 2. The summed E-state index contributed by atoms with van der Waals surface area (Å²) in [5.41, 5.74) is 1.29. The molecule has 0 unspecified atom stereocenters. The number of hydrogen-bond donors (Lipinski definition) is 2. The highest BCUT2D eigenvalue weighted by Gasteiger charge is 2.14. The molecule has 1 aliphatic rings. The van der Waals surface area contributed by atoms with Crippen LogP contribution in [0, 0.1) is 0 Å². The third-order valence-electron chi connectivity index (χ3n) is 5.60. The number of halogens is 1. The van der Waals surface area contributed by atoms with Crippen LogP contribution in [0.5, 0.6) is 0 Å². The van der Waals surface area contributed by atoms with Crippen molar-refractivity contribution in [2.75, 3.05) is 20.1 Å². The molecule has 0 saturated heterocycles. The fraction of sp³-hybridized carbons (Fsp3) is 0.500. The van der Waals surface area contributed by atoms with E-state index in [4.69, 9.17) is 0 Å². The summed E-state index contributed by atoms with van der Waals surface area (Å²) in [6.07, 6.45) is 8.87. The van der Waals surface area contributed by atoms with Gasteiger partial charge in [0.1, 0.15) is 11.6 Å². The van der Waals surface area contributed by atoms with Gasteiger partial charge in [0, 0.05) is 57.8 Å². The minimum absolute atomic E-state index is 0. The summed E-state index contributed by atoms with van der Waals surface area (Å²) in [6.45, 7) is 3.73.